The van der Waals surface area contributed by atoms with Crippen LogP contribution in [0, 0.1) is 0 Å². The second-order valence-electron chi connectivity index (χ2n) is 8.17. The Morgan fingerprint density at radius 3 is 2.10 bits per heavy atom. The summed E-state index contributed by atoms with van der Waals surface area (Å²) in [5.41, 5.74) is 5.78. The monoisotopic (exact) mass is 415 g/mol. The summed E-state index contributed by atoms with van der Waals surface area (Å²) in [5, 5.41) is 3.42. The molecule has 6 heteroatoms. The molecule has 1 fully saturated rings. The third kappa shape index (κ3) is 5.03. The number of carbonyl (C=O) groups excluding carboxylic acids is 1. The number of anilines is 3. The molecule has 31 heavy (non-hydrogen) atoms. The van der Waals surface area contributed by atoms with Gasteiger partial charge in [-0.1, -0.05) is 12.1 Å². The summed E-state index contributed by atoms with van der Waals surface area (Å²) < 4.78 is 0. The third-order valence-electron chi connectivity index (χ3n) is 5.62. The van der Waals surface area contributed by atoms with E-state index in [1.165, 1.54) is 5.69 Å². The van der Waals surface area contributed by atoms with Gasteiger partial charge < -0.3 is 20.0 Å². The Labute approximate surface area is 184 Å². The van der Waals surface area contributed by atoms with Gasteiger partial charge in [0.1, 0.15) is 0 Å². The summed E-state index contributed by atoms with van der Waals surface area (Å²) in [5.74, 6) is -0.00213. The summed E-state index contributed by atoms with van der Waals surface area (Å²) in [7, 11) is 5.68. The smallest absolute Gasteiger partial charge is 0.253 e. The maximum Gasteiger partial charge on any atom is 0.253 e. The van der Waals surface area contributed by atoms with Crippen molar-refractivity contribution in [3.63, 3.8) is 0 Å². The highest BCUT2D eigenvalue weighted by molar-refractivity contribution is 5.94. The van der Waals surface area contributed by atoms with E-state index in [2.05, 4.69) is 51.4 Å². The fraction of sp³-hybridized carbons (Fsp3) is 0.280. The van der Waals surface area contributed by atoms with Crippen molar-refractivity contribution in [2.75, 3.05) is 57.5 Å². The fourth-order valence-electron chi connectivity index (χ4n) is 3.67. The van der Waals surface area contributed by atoms with E-state index in [1.54, 1.807) is 19.0 Å². The lowest BCUT2D eigenvalue weighted by Crippen LogP contribution is -2.44. The second kappa shape index (κ2) is 9.18. The van der Waals surface area contributed by atoms with Gasteiger partial charge in [0.15, 0.2) is 0 Å². The maximum atomic E-state index is 12.0. The molecule has 0 radical (unpaired) electrons. The van der Waals surface area contributed by atoms with E-state index in [9.17, 15) is 4.79 Å². The molecule has 0 spiro atoms. The van der Waals surface area contributed by atoms with Crippen LogP contribution in [0.2, 0.25) is 0 Å². The molecule has 1 N–H and O–H groups in total. The molecule has 0 atom stereocenters. The highest BCUT2D eigenvalue weighted by atomic mass is 16.2. The van der Waals surface area contributed by atoms with E-state index in [1.807, 2.05) is 42.6 Å². The SMILES string of the molecule is CN1CCN(c2ccc(Nc3ccc(-c4ccc(C(=O)N(C)C)cc4)nc3)cc2)CC1. The zero-order valence-corrected chi connectivity index (χ0v) is 18.4. The first kappa shape index (κ1) is 20.9. The normalized spacial score (nSPS) is 14.4. The van der Waals surface area contributed by atoms with Crippen molar-refractivity contribution in [3.05, 3.63) is 72.4 Å². The van der Waals surface area contributed by atoms with Gasteiger partial charge in [-0.3, -0.25) is 9.78 Å². The predicted octanol–water partition coefficient (Wildman–Crippen LogP) is 3.95. The van der Waals surface area contributed by atoms with Crippen LogP contribution in [0.3, 0.4) is 0 Å². The van der Waals surface area contributed by atoms with Gasteiger partial charge in [-0.25, -0.2) is 0 Å². The topological polar surface area (TPSA) is 51.7 Å². The Kier molecular flexibility index (Phi) is 6.18. The van der Waals surface area contributed by atoms with E-state index in [0.29, 0.717) is 5.56 Å². The Morgan fingerprint density at radius 2 is 1.52 bits per heavy atom. The minimum atomic E-state index is -0.00213. The van der Waals surface area contributed by atoms with E-state index < -0.39 is 0 Å². The molecule has 3 aromatic rings. The van der Waals surface area contributed by atoms with Gasteiger partial charge in [-0.05, 0) is 55.6 Å². The summed E-state index contributed by atoms with van der Waals surface area (Å²) in [6, 6.07) is 20.1. The summed E-state index contributed by atoms with van der Waals surface area (Å²) >= 11 is 0. The van der Waals surface area contributed by atoms with Crippen LogP contribution >= 0.6 is 0 Å². The number of aromatic nitrogens is 1. The zero-order valence-electron chi connectivity index (χ0n) is 18.4. The molecule has 1 aliphatic heterocycles. The molecule has 0 unspecified atom stereocenters. The van der Waals surface area contributed by atoms with E-state index >= 15 is 0 Å². The van der Waals surface area contributed by atoms with Crippen molar-refractivity contribution in [1.82, 2.24) is 14.8 Å². The third-order valence-corrected chi connectivity index (χ3v) is 5.62. The molecule has 4 rings (SSSR count). The molecule has 1 amide bonds. The van der Waals surface area contributed by atoms with Crippen LogP contribution in [0.15, 0.2) is 66.9 Å². The molecule has 0 aliphatic carbocycles. The lowest BCUT2D eigenvalue weighted by Gasteiger charge is -2.34. The molecule has 2 aromatic carbocycles. The number of piperazine rings is 1. The zero-order chi connectivity index (χ0) is 21.8. The van der Waals surface area contributed by atoms with E-state index in [0.717, 1.165) is 48.8 Å². The Balaban J connectivity index is 1.39. The number of nitrogens with one attached hydrogen (secondary N) is 1. The van der Waals surface area contributed by atoms with E-state index in [-0.39, 0.29) is 5.91 Å². The molecule has 160 valence electrons. The fourth-order valence-corrected chi connectivity index (χ4v) is 3.67. The molecular formula is C25H29N5O. The first-order chi connectivity index (χ1) is 15.0. The van der Waals surface area contributed by atoms with Crippen molar-refractivity contribution in [3.8, 4) is 11.3 Å². The molecule has 1 aromatic heterocycles. The number of nitrogens with zero attached hydrogens (tertiary/aromatic N) is 4. The second-order valence-corrected chi connectivity index (χ2v) is 8.17. The first-order valence-electron chi connectivity index (χ1n) is 10.6. The van der Waals surface area contributed by atoms with Crippen LogP contribution in [0.25, 0.3) is 11.3 Å². The Hall–Kier alpha value is -3.38. The minimum absolute atomic E-state index is 0.00213. The lowest BCUT2D eigenvalue weighted by atomic mass is 10.1. The van der Waals surface area contributed by atoms with Gasteiger partial charge in [-0.2, -0.15) is 0 Å². The van der Waals surface area contributed by atoms with Crippen molar-refractivity contribution < 1.29 is 4.79 Å². The van der Waals surface area contributed by atoms with Crippen LogP contribution in [-0.4, -0.2) is 68.0 Å². The standard InChI is InChI=1S/C25H29N5O/c1-28(2)25(31)20-6-4-19(5-7-20)24-13-10-22(18-26-24)27-21-8-11-23(12-9-21)30-16-14-29(3)15-17-30/h4-13,18,27H,14-17H2,1-3H3. The number of hydrogen-bond acceptors (Lipinski definition) is 5. The number of likely N-dealkylation sites (N-methyl/N-ethyl adjacent to an activating group) is 1. The number of amides is 1. The number of carbonyl (C=O) groups is 1. The minimum Gasteiger partial charge on any atom is -0.369 e. The maximum absolute atomic E-state index is 12.0. The summed E-state index contributed by atoms with van der Waals surface area (Å²) in [6.45, 7) is 4.34. The average molecular weight is 416 g/mol. The molecule has 6 nitrogen and oxygen atoms in total. The van der Waals surface area contributed by atoms with Gasteiger partial charge >= 0.3 is 0 Å². The van der Waals surface area contributed by atoms with Crippen LogP contribution in [0.4, 0.5) is 17.1 Å². The lowest BCUT2D eigenvalue weighted by molar-refractivity contribution is 0.0827. The summed E-state index contributed by atoms with van der Waals surface area (Å²) in [4.78, 5) is 23.0. The molecular weight excluding hydrogens is 386 g/mol. The average Bonchev–Trinajstić information content (AvgIpc) is 2.80. The van der Waals surface area contributed by atoms with Crippen LogP contribution in [-0.2, 0) is 0 Å². The molecule has 0 bridgehead atoms. The van der Waals surface area contributed by atoms with Crippen LogP contribution < -0.4 is 10.2 Å². The molecule has 1 saturated heterocycles. The van der Waals surface area contributed by atoms with E-state index in [4.69, 9.17) is 0 Å². The number of pyridine rings is 1. The van der Waals surface area contributed by atoms with Gasteiger partial charge in [0.05, 0.1) is 17.6 Å². The number of hydrogen-bond donors (Lipinski definition) is 1. The largest absolute Gasteiger partial charge is 0.369 e. The predicted molar refractivity (Wildman–Crippen MR) is 127 cm³/mol. The van der Waals surface area contributed by atoms with Gasteiger partial charge in [-0.15, -0.1) is 0 Å². The number of benzene rings is 2. The summed E-state index contributed by atoms with van der Waals surface area (Å²) in [6.07, 6.45) is 1.84. The van der Waals surface area contributed by atoms with Crippen LogP contribution in [0.5, 0.6) is 0 Å². The molecule has 1 aliphatic rings. The van der Waals surface area contributed by atoms with Gasteiger partial charge in [0, 0.05) is 62.8 Å². The number of rotatable bonds is 5. The van der Waals surface area contributed by atoms with Crippen molar-refractivity contribution in [1.29, 1.82) is 0 Å². The van der Waals surface area contributed by atoms with Gasteiger partial charge in [0.2, 0.25) is 0 Å². The quantitative estimate of drug-likeness (QED) is 0.684. The van der Waals surface area contributed by atoms with Gasteiger partial charge in [0.25, 0.3) is 5.91 Å². The van der Waals surface area contributed by atoms with Crippen LogP contribution in [0.1, 0.15) is 10.4 Å². The molecule has 0 saturated carbocycles. The first-order valence-corrected chi connectivity index (χ1v) is 10.6. The Bertz CT molecular complexity index is 1010. The highest BCUT2D eigenvalue weighted by Gasteiger charge is 2.14. The highest BCUT2D eigenvalue weighted by Crippen LogP contribution is 2.24. The van der Waals surface area contributed by atoms with Crippen molar-refractivity contribution in [2.45, 2.75) is 0 Å². The Morgan fingerprint density at radius 1 is 0.871 bits per heavy atom. The van der Waals surface area contributed by atoms with Crippen molar-refractivity contribution in [2.24, 2.45) is 0 Å². The van der Waals surface area contributed by atoms with Crippen molar-refractivity contribution >= 4 is 23.0 Å². The molecule has 2 heterocycles.